The van der Waals surface area contributed by atoms with Gasteiger partial charge in [-0.2, -0.15) is 13.2 Å². The van der Waals surface area contributed by atoms with Gasteiger partial charge < -0.3 is 10.1 Å². The minimum absolute atomic E-state index is 0.228. The average molecular weight is 376 g/mol. The largest absolute Gasteiger partial charge is 0.493 e. The molecule has 1 atom stereocenters. The van der Waals surface area contributed by atoms with Crippen LogP contribution in [0.3, 0.4) is 0 Å². The molecule has 2 heterocycles. The molecule has 5 nitrogen and oxygen atoms in total. The van der Waals surface area contributed by atoms with Gasteiger partial charge in [-0.25, -0.2) is 4.79 Å². The van der Waals surface area contributed by atoms with E-state index < -0.39 is 29.2 Å². The predicted octanol–water partition coefficient (Wildman–Crippen LogP) is 3.44. The van der Waals surface area contributed by atoms with Gasteiger partial charge in [0.15, 0.2) is 5.54 Å². The Bertz CT molecular complexity index is 928. The Morgan fingerprint density at radius 1 is 1.11 bits per heavy atom. The molecule has 1 saturated heterocycles. The Labute approximate surface area is 152 Å². The van der Waals surface area contributed by atoms with Crippen molar-refractivity contribution in [2.75, 3.05) is 6.61 Å². The Hall–Kier alpha value is -3.03. The molecular weight excluding hydrogens is 361 g/mol. The Balaban J connectivity index is 1.66. The number of ether oxygens (including phenoxy) is 1. The van der Waals surface area contributed by atoms with Crippen molar-refractivity contribution in [3.8, 4) is 5.75 Å². The first-order valence-electron chi connectivity index (χ1n) is 8.34. The SMILES string of the molecule is O=C1NC2(CCOc3ccccc32)C(=O)N1Cc1cccc(C(F)(F)F)c1. The minimum Gasteiger partial charge on any atom is -0.493 e. The molecule has 0 bridgehead atoms. The third-order valence-corrected chi connectivity index (χ3v) is 4.85. The summed E-state index contributed by atoms with van der Waals surface area (Å²) < 4.78 is 44.3. The standard InChI is InChI=1S/C19H15F3N2O3/c20-19(21,22)13-5-3-4-12(10-13)11-24-16(25)18(23-17(24)26)8-9-27-15-7-2-1-6-14(15)18/h1-7,10H,8-9,11H2,(H,23,26). The highest BCUT2D eigenvalue weighted by Crippen LogP contribution is 2.41. The van der Waals surface area contributed by atoms with E-state index in [-0.39, 0.29) is 25.1 Å². The number of alkyl halides is 3. The normalized spacial score (nSPS) is 21.8. The van der Waals surface area contributed by atoms with Crippen LogP contribution in [0.15, 0.2) is 48.5 Å². The van der Waals surface area contributed by atoms with Crippen LogP contribution in [0, 0.1) is 0 Å². The van der Waals surface area contributed by atoms with Crippen molar-refractivity contribution in [2.45, 2.75) is 24.7 Å². The molecule has 1 fully saturated rings. The molecule has 140 valence electrons. The third-order valence-electron chi connectivity index (χ3n) is 4.85. The van der Waals surface area contributed by atoms with Crippen molar-refractivity contribution < 1.29 is 27.5 Å². The molecule has 3 amide bonds. The van der Waals surface area contributed by atoms with Crippen LogP contribution in [0.4, 0.5) is 18.0 Å². The van der Waals surface area contributed by atoms with Crippen molar-refractivity contribution >= 4 is 11.9 Å². The van der Waals surface area contributed by atoms with Crippen LogP contribution in [0.2, 0.25) is 0 Å². The highest BCUT2D eigenvalue weighted by atomic mass is 19.4. The summed E-state index contributed by atoms with van der Waals surface area (Å²) in [5, 5.41) is 2.73. The van der Waals surface area contributed by atoms with Gasteiger partial charge in [0.25, 0.3) is 5.91 Å². The van der Waals surface area contributed by atoms with Crippen LogP contribution in [-0.2, 0) is 23.1 Å². The van der Waals surface area contributed by atoms with Gasteiger partial charge in [0, 0.05) is 12.0 Å². The van der Waals surface area contributed by atoms with E-state index in [1.54, 1.807) is 24.3 Å². The summed E-state index contributed by atoms with van der Waals surface area (Å²) in [6.45, 7) is 0.0137. The van der Waals surface area contributed by atoms with Crippen LogP contribution >= 0.6 is 0 Å². The van der Waals surface area contributed by atoms with Crippen molar-refractivity contribution in [1.29, 1.82) is 0 Å². The Morgan fingerprint density at radius 3 is 2.67 bits per heavy atom. The summed E-state index contributed by atoms with van der Waals surface area (Å²) in [5.74, 6) is 0.0268. The number of amides is 3. The summed E-state index contributed by atoms with van der Waals surface area (Å²) >= 11 is 0. The lowest BCUT2D eigenvalue weighted by Crippen LogP contribution is -2.47. The fourth-order valence-corrected chi connectivity index (χ4v) is 3.54. The number of carbonyl (C=O) groups excluding carboxylic acids is 2. The number of carbonyl (C=O) groups is 2. The van der Waals surface area contributed by atoms with Crippen molar-refractivity contribution in [3.05, 3.63) is 65.2 Å². The van der Waals surface area contributed by atoms with Crippen LogP contribution < -0.4 is 10.1 Å². The molecule has 2 aliphatic rings. The summed E-state index contributed by atoms with van der Waals surface area (Å²) in [7, 11) is 0. The lowest BCUT2D eigenvalue weighted by molar-refractivity contribution is -0.137. The van der Waals surface area contributed by atoms with Crippen molar-refractivity contribution in [3.63, 3.8) is 0 Å². The molecule has 1 unspecified atom stereocenters. The highest BCUT2D eigenvalue weighted by molar-refractivity contribution is 6.07. The van der Waals surface area contributed by atoms with E-state index in [9.17, 15) is 22.8 Å². The summed E-state index contributed by atoms with van der Waals surface area (Å²) in [5.41, 5.74) is -1.28. The monoisotopic (exact) mass is 376 g/mol. The number of nitrogens with zero attached hydrogens (tertiary/aromatic N) is 1. The maximum atomic E-state index is 13.1. The number of nitrogens with one attached hydrogen (secondary N) is 1. The Morgan fingerprint density at radius 2 is 1.89 bits per heavy atom. The number of urea groups is 1. The smallest absolute Gasteiger partial charge is 0.416 e. The fourth-order valence-electron chi connectivity index (χ4n) is 3.54. The molecule has 0 radical (unpaired) electrons. The molecule has 4 rings (SSSR count). The van der Waals surface area contributed by atoms with Gasteiger partial charge in [0.1, 0.15) is 5.75 Å². The number of benzene rings is 2. The molecule has 2 aliphatic heterocycles. The molecule has 2 aromatic rings. The number of hydrogen-bond acceptors (Lipinski definition) is 3. The quantitative estimate of drug-likeness (QED) is 0.817. The second-order valence-electron chi connectivity index (χ2n) is 6.52. The maximum absolute atomic E-state index is 13.1. The summed E-state index contributed by atoms with van der Waals surface area (Å²) in [6.07, 6.45) is -4.23. The molecule has 0 saturated carbocycles. The fraction of sp³-hybridized carbons (Fsp3) is 0.263. The van der Waals surface area contributed by atoms with Crippen LogP contribution in [-0.4, -0.2) is 23.4 Å². The third kappa shape index (κ3) is 2.81. The van der Waals surface area contributed by atoms with Crippen LogP contribution in [0.25, 0.3) is 0 Å². The molecule has 1 spiro atoms. The molecule has 1 N–H and O–H groups in total. The van der Waals surface area contributed by atoms with Gasteiger partial charge in [-0.15, -0.1) is 0 Å². The number of fused-ring (bicyclic) bond motifs is 2. The van der Waals surface area contributed by atoms with Gasteiger partial charge >= 0.3 is 12.2 Å². The first-order valence-corrected chi connectivity index (χ1v) is 8.34. The number of hydrogen-bond donors (Lipinski definition) is 1. The van der Waals surface area contributed by atoms with E-state index in [4.69, 9.17) is 4.74 Å². The predicted molar refractivity (Wildman–Crippen MR) is 88.8 cm³/mol. The zero-order valence-electron chi connectivity index (χ0n) is 14.0. The van der Waals surface area contributed by atoms with E-state index >= 15 is 0 Å². The summed E-state index contributed by atoms with van der Waals surface area (Å²) in [6, 6.07) is 10.9. The lowest BCUT2D eigenvalue weighted by atomic mass is 9.84. The second kappa shape index (κ2) is 6.00. The zero-order chi connectivity index (χ0) is 19.2. The van der Waals surface area contributed by atoms with E-state index in [1.165, 1.54) is 12.1 Å². The number of para-hydroxylation sites is 1. The first-order chi connectivity index (χ1) is 12.8. The minimum atomic E-state index is -4.49. The summed E-state index contributed by atoms with van der Waals surface area (Å²) in [4.78, 5) is 26.5. The van der Waals surface area contributed by atoms with Gasteiger partial charge in [-0.3, -0.25) is 9.69 Å². The van der Waals surface area contributed by atoms with Gasteiger partial charge in [0.05, 0.1) is 18.7 Å². The zero-order valence-corrected chi connectivity index (χ0v) is 14.0. The number of halogens is 3. The molecular formula is C19H15F3N2O3. The Kier molecular flexibility index (Phi) is 3.87. The van der Waals surface area contributed by atoms with E-state index in [1.807, 2.05) is 0 Å². The van der Waals surface area contributed by atoms with E-state index in [2.05, 4.69) is 5.32 Å². The average Bonchev–Trinajstić information content (AvgIpc) is 2.87. The lowest BCUT2D eigenvalue weighted by Gasteiger charge is -2.33. The van der Waals surface area contributed by atoms with Crippen molar-refractivity contribution in [2.24, 2.45) is 0 Å². The molecule has 2 aromatic carbocycles. The first kappa shape index (κ1) is 17.4. The molecule has 0 aliphatic carbocycles. The van der Waals surface area contributed by atoms with Gasteiger partial charge in [-0.1, -0.05) is 30.3 Å². The molecule has 27 heavy (non-hydrogen) atoms. The van der Waals surface area contributed by atoms with Gasteiger partial charge in [-0.05, 0) is 23.8 Å². The maximum Gasteiger partial charge on any atom is 0.416 e. The number of imide groups is 1. The van der Waals surface area contributed by atoms with Crippen LogP contribution in [0.5, 0.6) is 5.75 Å². The highest BCUT2D eigenvalue weighted by Gasteiger charge is 2.54. The van der Waals surface area contributed by atoms with Crippen molar-refractivity contribution in [1.82, 2.24) is 10.2 Å². The topological polar surface area (TPSA) is 58.6 Å². The second-order valence-corrected chi connectivity index (χ2v) is 6.52. The van der Waals surface area contributed by atoms with E-state index in [0.717, 1.165) is 17.0 Å². The number of rotatable bonds is 2. The van der Waals surface area contributed by atoms with E-state index in [0.29, 0.717) is 11.3 Å². The van der Waals surface area contributed by atoms with Crippen LogP contribution in [0.1, 0.15) is 23.1 Å². The molecule has 8 heteroatoms. The molecule has 0 aromatic heterocycles. The van der Waals surface area contributed by atoms with Gasteiger partial charge in [0.2, 0.25) is 0 Å².